The molecular weight excluding hydrogens is 406 g/mol. The van der Waals surface area contributed by atoms with Gasteiger partial charge >= 0.3 is 6.09 Å². The number of benzene rings is 1. The highest BCUT2D eigenvalue weighted by molar-refractivity contribution is 9.10. The molecule has 27 heavy (non-hydrogen) atoms. The van der Waals surface area contributed by atoms with Crippen molar-refractivity contribution < 1.29 is 9.53 Å². The minimum absolute atomic E-state index is 0.188. The van der Waals surface area contributed by atoms with Crippen molar-refractivity contribution in [2.45, 2.75) is 38.6 Å². The van der Waals surface area contributed by atoms with E-state index in [1.54, 1.807) is 4.90 Å². The summed E-state index contributed by atoms with van der Waals surface area (Å²) in [7, 11) is 2.21. The summed E-state index contributed by atoms with van der Waals surface area (Å²) >= 11 is 3.72. The van der Waals surface area contributed by atoms with Crippen LogP contribution < -0.4 is 0 Å². The maximum atomic E-state index is 12.2. The highest BCUT2D eigenvalue weighted by atomic mass is 79.9. The number of halogens is 1. The van der Waals surface area contributed by atoms with Gasteiger partial charge < -0.3 is 19.5 Å². The molecule has 4 rings (SSSR count). The number of amides is 1. The molecule has 5 nitrogen and oxygen atoms in total. The Morgan fingerprint density at radius 1 is 1.37 bits per heavy atom. The molecule has 2 heterocycles. The third-order valence-electron chi connectivity index (χ3n) is 6.35. The second kappa shape index (κ2) is 7.47. The first kappa shape index (κ1) is 18.8. The van der Waals surface area contributed by atoms with Crippen molar-refractivity contribution in [1.82, 2.24) is 14.8 Å². The Balaban J connectivity index is 1.54. The fourth-order valence-electron chi connectivity index (χ4n) is 4.98. The van der Waals surface area contributed by atoms with Crippen LogP contribution >= 0.6 is 15.9 Å². The molecule has 1 saturated heterocycles. The zero-order valence-corrected chi connectivity index (χ0v) is 17.9. The summed E-state index contributed by atoms with van der Waals surface area (Å²) in [4.78, 5) is 19.9. The summed E-state index contributed by atoms with van der Waals surface area (Å²) in [5.41, 5.74) is 4.05. The molecule has 2 aromatic rings. The Labute approximate surface area is 169 Å². The maximum Gasteiger partial charge on any atom is 0.409 e. The number of likely N-dealkylation sites (N-methyl/N-ethyl adjacent to an activating group) is 1. The van der Waals surface area contributed by atoms with Gasteiger partial charge in [-0.05, 0) is 66.9 Å². The largest absolute Gasteiger partial charge is 0.449 e. The van der Waals surface area contributed by atoms with Gasteiger partial charge in [0.1, 0.15) is 0 Å². The molecule has 0 saturated carbocycles. The fourth-order valence-corrected chi connectivity index (χ4v) is 5.55. The number of hydrogen-bond donors (Lipinski definition) is 1. The first-order chi connectivity index (χ1) is 13.0. The molecule has 1 aliphatic carbocycles. The van der Waals surface area contributed by atoms with E-state index in [9.17, 15) is 4.79 Å². The number of piperidine rings is 1. The molecular formula is C21H28BrN3O2. The van der Waals surface area contributed by atoms with Crippen molar-refractivity contribution in [2.24, 2.45) is 5.92 Å². The number of nitrogens with one attached hydrogen (secondary N) is 1. The molecule has 1 N–H and O–H groups in total. The number of H-pyrrole nitrogens is 1. The van der Waals surface area contributed by atoms with Crippen molar-refractivity contribution in [1.29, 1.82) is 0 Å². The van der Waals surface area contributed by atoms with Gasteiger partial charge in [0.2, 0.25) is 0 Å². The number of aromatic amines is 1. The van der Waals surface area contributed by atoms with Crippen LogP contribution in [0.2, 0.25) is 0 Å². The molecule has 0 spiro atoms. The van der Waals surface area contributed by atoms with E-state index in [2.05, 4.69) is 51.1 Å². The third-order valence-corrected chi connectivity index (χ3v) is 7.03. The number of aromatic nitrogens is 1. The van der Waals surface area contributed by atoms with Crippen molar-refractivity contribution in [3.63, 3.8) is 0 Å². The lowest BCUT2D eigenvalue weighted by Gasteiger charge is -2.45. The van der Waals surface area contributed by atoms with E-state index < -0.39 is 0 Å². The predicted octanol–water partition coefficient (Wildman–Crippen LogP) is 4.37. The van der Waals surface area contributed by atoms with Gasteiger partial charge in [-0.25, -0.2) is 4.79 Å². The second-order valence-electron chi connectivity index (χ2n) is 7.86. The quantitative estimate of drug-likeness (QED) is 0.778. The minimum Gasteiger partial charge on any atom is -0.449 e. The minimum atomic E-state index is -0.188. The number of nitrogens with zero attached hydrogens (tertiary/aromatic N) is 2. The van der Waals surface area contributed by atoms with Crippen LogP contribution in [0.4, 0.5) is 4.79 Å². The highest BCUT2D eigenvalue weighted by Crippen LogP contribution is 2.46. The summed E-state index contributed by atoms with van der Waals surface area (Å²) in [6, 6.07) is 7.09. The molecule has 1 aliphatic heterocycles. The summed E-state index contributed by atoms with van der Waals surface area (Å²) in [5.74, 6) is 0.856. The number of ether oxygens (including phenoxy) is 1. The first-order valence-corrected chi connectivity index (χ1v) is 10.7. The van der Waals surface area contributed by atoms with Crippen LogP contribution in [0.1, 0.15) is 37.3 Å². The molecule has 3 atom stereocenters. The SMILES string of the molecule is CCN(CC)C(=O)OCC1C[C@H]2c3cccc4[nH]c(Br)c(c34)C[C@@H]2N(C)C1. The number of likely N-dealkylation sites (tertiary alicyclic amines) is 1. The summed E-state index contributed by atoms with van der Waals surface area (Å²) < 4.78 is 6.76. The van der Waals surface area contributed by atoms with E-state index in [-0.39, 0.29) is 6.09 Å². The van der Waals surface area contributed by atoms with E-state index in [0.29, 0.717) is 37.6 Å². The Hall–Kier alpha value is -1.53. The summed E-state index contributed by atoms with van der Waals surface area (Å²) in [6.45, 7) is 6.83. The number of fused-ring (bicyclic) bond motifs is 2. The van der Waals surface area contributed by atoms with E-state index in [0.717, 1.165) is 24.0 Å². The first-order valence-electron chi connectivity index (χ1n) is 9.94. The van der Waals surface area contributed by atoms with Crippen molar-refractivity contribution in [2.75, 3.05) is 33.3 Å². The standard InChI is InChI=1S/C21H28BrN3O2/c1-4-25(5-2)21(26)27-12-13-9-15-14-7-6-8-17-19(14)16(20(22)23-17)10-18(15)24(3)11-13/h6-8,13,15,18,23H,4-5,9-12H2,1-3H3/t13?,15-,18-/m0/s1. The summed E-state index contributed by atoms with van der Waals surface area (Å²) in [5, 5.41) is 1.39. The van der Waals surface area contributed by atoms with E-state index in [4.69, 9.17) is 4.74 Å². The number of carbonyl (C=O) groups is 1. The molecule has 1 aromatic heterocycles. The number of carbonyl (C=O) groups excluding carboxylic acids is 1. The van der Waals surface area contributed by atoms with Crippen LogP contribution in [0.3, 0.4) is 0 Å². The van der Waals surface area contributed by atoms with Crippen molar-refractivity contribution in [3.8, 4) is 0 Å². The smallest absolute Gasteiger partial charge is 0.409 e. The highest BCUT2D eigenvalue weighted by Gasteiger charge is 2.40. The lowest BCUT2D eigenvalue weighted by atomic mass is 9.72. The Bertz CT molecular complexity index is 845. The molecule has 1 amide bonds. The lowest BCUT2D eigenvalue weighted by Crippen LogP contribution is -2.49. The maximum absolute atomic E-state index is 12.2. The van der Waals surface area contributed by atoms with Crippen molar-refractivity contribution >= 4 is 32.9 Å². The molecule has 0 bridgehead atoms. The molecule has 6 heteroatoms. The van der Waals surface area contributed by atoms with Gasteiger partial charge in [-0.1, -0.05) is 12.1 Å². The van der Waals surface area contributed by atoms with E-state index in [1.165, 1.54) is 22.0 Å². The van der Waals surface area contributed by atoms with Gasteiger partial charge in [-0.3, -0.25) is 0 Å². The van der Waals surface area contributed by atoms with Crippen LogP contribution in [0.15, 0.2) is 22.8 Å². The van der Waals surface area contributed by atoms with Crippen LogP contribution in [-0.2, 0) is 11.2 Å². The molecule has 1 unspecified atom stereocenters. The van der Waals surface area contributed by atoms with Gasteiger partial charge in [0.05, 0.1) is 11.2 Å². The van der Waals surface area contributed by atoms with Gasteiger partial charge in [0, 0.05) is 48.4 Å². The second-order valence-corrected chi connectivity index (χ2v) is 8.65. The molecule has 146 valence electrons. The normalized spacial score (nSPS) is 24.7. The van der Waals surface area contributed by atoms with Gasteiger partial charge in [0.25, 0.3) is 0 Å². The Morgan fingerprint density at radius 3 is 2.89 bits per heavy atom. The predicted molar refractivity (Wildman–Crippen MR) is 111 cm³/mol. The van der Waals surface area contributed by atoms with Crippen molar-refractivity contribution in [3.05, 3.63) is 33.9 Å². The van der Waals surface area contributed by atoms with Crippen LogP contribution in [0.5, 0.6) is 0 Å². The molecule has 0 radical (unpaired) electrons. The molecule has 1 fully saturated rings. The Kier molecular flexibility index (Phi) is 5.21. The zero-order valence-electron chi connectivity index (χ0n) is 16.3. The zero-order chi connectivity index (χ0) is 19.1. The number of rotatable bonds is 4. The van der Waals surface area contributed by atoms with Gasteiger partial charge in [0.15, 0.2) is 0 Å². The van der Waals surface area contributed by atoms with Gasteiger partial charge in [-0.2, -0.15) is 0 Å². The van der Waals surface area contributed by atoms with E-state index in [1.807, 2.05) is 13.8 Å². The lowest BCUT2D eigenvalue weighted by molar-refractivity contribution is 0.0483. The molecule has 2 aliphatic rings. The monoisotopic (exact) mass is 433 g/mol. The summed E-state index contributed by atoms with van der Waals surface area (Å²) in [6.07, 6.45) is 1.94. The topological polar surface area (TPSA) is 48.6 Å². The average Bonchev–Trinajstić information content (AvgIpc) is 2.99. The van der Waals surface area contributed by atoms with Gasteiger partial charge in [-0.15, -0.1) is 0 Å². The third kappa shape index (κ3) is 3.27. The van der Waals surface area contributed by atoms with Crippen LogP contribution in [0, 0.1) is 5.92 Å². The van der Waals surface area contributed by atoms with Crippen LogP contribution in [0.25, 0.3) is 10.9 Å². The Morgan fingerprint density at radius 2 is 2.15 bits per heavy atom. The average molecular weight is 434 g/mol. The molecule has 1 aromatic carbocycles. The van der Waals surface area contributed by atoms with Crippen LogP contribution in [-0.4, -0.2) is 60.2 Å². The van der Waals surface area contributed by atoms with E-state index >= 15 is 0 Å². The number of hydrogen-bond acceptors (Lipinski definition) is 3. The fraction of sp³-hybridized carbons (Fsp3) is 0.571.